The molecule has 0 radical (unpaired) electrons. The summed E-state index contributed by atoms with van der Waals surface area (Å²) in [5.41, 5.74) is 10.1. The van der Waals surface area contributed by atoms with Crippen molar-refractivity contribution in [3.05, 3.63) is 12.7 Å². The lowest BCUT2D eigenvalue weighted by molar-refractivity contribution is 0.844. The van der Waals surface area contributed by atoms with E-state index in [0.717, 1.165) is 19.5 Å². The molecule has 0 atom stereocenters. The number of allylic oxidation sites excluding steroid dienone is 1. The normalized spacial score (nSPS) is 5.50. The van der Waals surface area contributed by atoms with E-state index in [4.69, 9.17) is 11.5 Å². The van der Waals surface area contributed by atoms with E-state index in [2.05, 4.69) is 6.58 Å². The van der Waals surface area contributed by atoms with Gasteiger partial charge >= 0.3 is 0 Å². The first kappa shape index (κ1) is 22.7. The largest absolute Gasteiger partial charge is 0.344 e. The maximum atomic E-state index is 5.06. The summed E-state index contributed by atoms with van der Waals surface area (Å²) in [5.74, 6) is 0. The molecule has 0 saturated carbocycles. The zero-order valence-electron chi connectivity index (χ0n) is 6.97. The van der Waals surface area contributed by atoms with Crippen LogP contribution < -0.4 is 23.8 Å². The van der Waals surface area contributed by atoms with Crippen LogP contribution in [0.5, 0.6) is 0 Å². The first-order valence-electron chi connectivity index (χ1n) is 2.80. The third-order valence-corrected chi connectivity index (χ3v) is 0.408. The molecule has 0 aromatic rings. The minimum Gasteiger partial charge on any atom is -0.344 e. The number of hydrogen-bond acceptors (Lipinski definition) is 4. The van der Waals surface area contributed by atoms with E-state index in [0.29, 0.717) is 0 Å². The van der Waals surface area contributed by atoms with Gasteiger partial charge in [0.1, 0.15) is 0 Å². The Balaban J connectivity index is -0.0000000326. The second kappa shape index (κ2) is 38.5. The maximum Gasteiger partial charge on any atom is -0.00653 e. The molecule has 0 bridgehead atoms. The Kier molecular flexibility index (Phi) is 87.1. The van der Waals surface area contributed by atoms with Crippen LogP contribution in [0.1, 0.15) is 13.3 Å². The SMILES string of the molecule is C=CC.N.N.NCCCN. The highest BCUT2D eigenvalue weighted by Gasteiger charge is 1.67. The van der Waals surface area contributed by atoms with Gasteiger partial charge in [0.2, 0.25) is 0 Å². The molecule has 10 N–H and O–H groups in total. The van der Waals surface area contributed by atoms with Crippen LogP contribution in [0.2, 0.25) is 0 Å². The van der Waals surface area contributed by atoms with Crippen LogP contribution in [0.25, 0.3) is 0 Å². The molecule has 0 aliphatic rings. The quantitative estimate of drug-likeness (QED) is 0.435. The van der Waals surface area contributed by atoms with E-state index < -0.39 is 0 Å². The van der Waals surface area contributed by atoms with E-state index in [1.165, 1.54) is 0 Å². The van der Waals surface area contributed by atoms with Gasteiger partial charge in [-0.15, -0.1) is 6.58 Å². The van der Waals surface area contributed by atoms with Crippen molar-refractivity contribution in [2.24, 2.45) is 11.5 Å². The van der Waals surface area contributed by atoms with Crippen LogP contribution in [-0.2, 0) is 0 Å². The van der Waals surface area contributed by atoms with Gasteiger partial charge in [-0.3, -0.25) is 0 Å². The lowest BCUT2D eigenvalue weighted by atomic mass is 10.4. The summed E-state index contributed by atoms with van der Waals surface area (Å²) in [6.45, 7) is 6.69. The van der Waals surface area contributed by atoms with E-state index in [9.17, 15) is 0 Å². The first-order chi connectivity index (χ1) is 3.83. The zero-order chi connectivity index (χ0) is 6.83. The van der Waals surface area contributed by atoms with Gasteiger partial charge in [0.05, 0.1) is 0 Å². The lowest BCUT2D eigenvalue weighted by Gasteiger charge is -1.81. The van der Waals surface area contributed by atoms with Gasteiger partial charge in [-0.2, -0.15) is 0 Å². The zero-order valence-corrected chi connectivity index (χ0v) is 6.97. The summed E-state index contributed by atoms with van der Waals surface area (Å²) in [6, 6.07) is 0. The van der Waals surface area contributed by atoms with E-state index in [1.807, 2.05) is 6.92 Å². The Morgan fingerprint density at radius 2 is 1.40 bits per heavy atom. The van der Waals surface area contributed by atoms with Gasteiger partial charge < -0.3 is 23.8 Å². The van der Waals surface area contributed by atoms with Crippen LogP contribution >= 0.6 is 0 Å². The Morgan fingerprint density at radius 1 is 1.20 bits per heavy atom. The van der Waals surface area contributed by atoms with Crippen LogP contribution in [0.4, 0.5) is 0 Å². The van der Waals surface area contributed by atoms with E-state index in [-0.39, 0.29) is 12.3 Å². The average molecular weight is 150 g/mol. The van der Waals surface area contributed by atoms with Gasteiger partial charge in [0, 0.05) is 0 Å². The highest BCUT2D eigenvalue weighted by molar-refractivity contribution is 4.51. The van der Waals surface area contributed by atoms with Crippen molar-refractivity contribution in [2.75, 3.05) is 13.1 Å². The molecule has 0 aromatic carbocycles. The van der Waals surface area contributed by atoms with E-state index >= 15 is 0 Å². The molecular formula is C6H22N4. The molecule has 0 unspecified atom stereocenters. The second-order valence-electron chi connectivity index (χ2n) is 1.34. The lowest BCUT2D eigenvalue weighted by Crippen LogP contribution is -2.06. The van der Waals surface area contributed by atoms with Crippen LogP contribution in [0.3, 0.4) is 0 Å². The molecule has 0 aliphatic heterocycles. The molecule has 0 aliphatic carbocycles. The Morgan fingerprint density at radius 3 is 1.40 bits per heavy atom. The average Bonchev–Trinajstić information content (AvgIpc) is 1.71. The topological polar surface area (TPSA) is 122 Å². The van der Waals surface area contributed by atoms with E-state index in [1.54, 1.807) is 6.08 Å². The molecule has 10 heavy (non-hydrogen) atoms. The summed E-state index contributed by atoms with van der Waals surface area (Å²) < 4.78 is 0. The van der Waals surface area contributed by atoms with Crippen LogP contribution in [-0.4, -0.2) is 13.1 Å². The third-order valence-electron chi connectivity index (χ3n) is 0.408. The van der Waals surface area contributed by atoms with Crippen LogP contribution in [0, 0.1) is 0 Å². The molecule has 0 saturated heterocycles. The minimum absolute atomic E-state index is 0. The summed E-state index contributed by atoms with van der Waals surface area (Å²) in [6.07, 6.45) is 2.69. The van der Waals surface area contributed by atoms with Gasteiger partial charge in [-0.05, 0) is 26.4 Å². The monoisotopic (exact) mass is 150 g/mol. The van der Waals surface area contributed by atoms with Crippen molar-refractivity contribution in [1.29, 1.82) is 0 Å². The first-order valence-corrected chi connectivity index (χ1v) is 2.80. The number of hydrogen-bond donors (Lipinski definition) is 4. The molecule has 0 amide bonds. The Hall–Kier alpha value is -0.420. The highest BCUT2D eigenvalue weighted by atomic mass is 14.6. The molecule has 4 nitrogen and oxygen atoms in total. The van der Waals surface area contributed by atoms with Gasteiger partial charge in [-0.25, -0.2) is 0 Å². The number of rotatable bonds is 2. The maximum absolute atomic E-state index is 5.06. The molecule has 66 valence electrons. The van der Waals surface area contributed by atoms with Crippen molar-refractivity contribution in [1.82, 2.24) is 12.3 Å². The summed E-state index contributed by atoms with van der Waals surface area (Å²) in [7, 11) is 0. The predicted octanol–water partition coefficient (Wildman–Crippen LogP) is 0.810. The molecule has 4 heteroatoms. The fourth-order valence-electron chi connectivity index (χ4n) is 0.118. The fraction of sp³-hybridized carbons (Fsp3) is 0.667. The summed E-state index contributed by atoms with van der Waals surface area (Å²) in [4.78, 5) is 0. The summed E-state index contributed by atoms with van der Waals surface area (Å²) in [5, 5.41) is 0. The fourth-order valence-corrected chi connectivity index (χ4v) is 0.118. The predicted molar refractivity (Wildman–Crippen MR) is 48.6 cm³/mol. The second-order valence-corrected chi connectivity index (χ2v) is 1.34. The number of nitrogens with two attached hydrogens (primary N) is 2. The Labute approximate surface area is 63.8 Å². The smallest absolute Gasteiger partial charge is 0.00653 e. The standard InChI is InChI=1S/C3H10N2.C3H6.2H3N/c4-2-1-3-5;1-3-2;;/h1-5H2;3H,1H2,2H3;2*1H3. The van der Waals surface area contributed by atoms with Gasteiger partial charge in [0.15, 0.2) is 0 Å². The molecule has 0 rings (SSSR count). The third kappa shape index (κ3) is 131. The van der Waals surface area contributed by atoms with Crippen molar-refractivity contribution in [3.8, 4) is 0 Å². The molecule has 0 fully saturated rings. The van der Waals surface area contributed by atoms with Gasteiger partial charge in [0.25, 0.3) is 0 Å². The summed E-state index contributed by atoms with van der Waals surface area (Å²) >= 11 is 0. The highest BCUT2D eigenvalue weighted by Crippen LogP contribution is 1.58. The van der Waals surface area contributed by atoms with Crippen LogP contribution in [0.15, 0.2) is 12.7 Å². The van der Waals surface area contributed by atoms with Crippen molar-refractivity contribution in [3.63, 3.8) is 0 Å². The minimum atomic E-state index is 0. The van der Waals surface area contributed by atoms with Crippen molar-refractivity contribution >= 4 is 0 Å². The Bertz CT molecular complexity index is 36.7. The van der Waals surface area contributed by atoms with Gasteiger partial charge in [-0.1, -0.05) is 6.08 Å². The molecule has 0 aromatic heterocycles. The molecule has 0 heterocycles. The molecule has 0 spiro atoms. The molecular weight excluding hydrogens is 128 g/mol. The van der Waals surface area contributed by atoms with Crippen molar-refractivity contribution < 1.29 is 0 Å². The van der Waals surface area contributed by atoms with Crippen molar-refractivity contribution in [2.45, 2.75) is 13.3 Å².